The van der Waals surface area contributed by atoms with E-state index < -0.39 is 0 Å². The molecule has 1 nitrogen and oxygen atoms in total. The van der Waals surface area contributed by atoms with Gasteiger partial charge in [0, 0.05) is 15.5 Å². The highest BCUT2D eigenvalue weighted by Crippen LogP contribution is 2.29. The lowest BCUT2D eigenvalue weighted by Crippen LogP contribution is -1.89. The Labute approximate surface area is 83.5 Å². The fraction of sp³-hybridized carbons (Fsp3) is 0. The summed E-state index contributed by atoms with van der Waals surface area (Å²) >= 11 is 3.37. The highest BCUT2D eigenvalue weighted by molar-refractivity contribution is 9.10. The average molecular weight is 240 g/mol. The Morgan fingerprint density at radius 2 is 2.00 bits per heavy atom. The van der Waals surface area contributed by atoms with Crippen molar-refractivity contribution in [2.75, 3.05) is 5.73 Å². The van der Waals surface area contributed by atoms with Crippen LogP contribution in [-0.4, -0.2) is 0 Å². The largest absolute Gasteiger partial charge is 0.398 e. The third-order valence-corrected chi connectivity index (χ3v) is 2.58. The molecule has 0 aromatic heterocycles. The van der Waals surface area contributed by atoms with E-state index >= 15 is 0 Å². The minimum absolute atomic E-state index is 0.303. The molecule has 0 aliphatic heterocycles. The number of halogens is 2. The fourth-order valence-corrected chi connectivity index (χ4v) is 1.99. The van der Waals surface area contributed by atoms with E-state index in [1.807, 2.05) is 18.2 Å². The molecule has 66 valence electrons. The predicted octanol–water partition coefficient (Wildman–Crippen LogP) is 3.32. The van der Waals surface area contributed by atoms with Gasteiger partial charge in [-0.25, -0.2) is 4.39 Å². The van der Waals surface area contributed by atoms with Gasteiger partial charge in [-0.05, 0) is 23.6 Å². The molecule has 2 rings (SSSR count). The molecule has 3 heteroatoms. The summed E-state index contributed by atoms with van der Waals surface area (Å²) in [6, 6.07) is 8.37. The van der Waals surface area contributed by atoms with Gasteiger partial charge in [-0.15, -0.1) is 0 Å². The molecule has 2 aromatic rings. The molecule has 0 spiro atoms. The van der Waals surface area contributed by atoms with Crippen LogP contribution in [0, 0.1) is 5.82 Å². The molecule has 0 bridgehead atoms. The minimum atomic E-state index is -0.303. The van der Waals surface area contributed by atoms with Crippen molar-refractivity contribution < 1.29 is 4.39 Å². The number of hydrogen-bond donors (Lipinski definition) is 1. The van der Waals surface area contributed by atoms with E-state index in [1.54, 1.807) is 0 Å². The Morgan fingerprint density at radius 1 is 1.23 bits per heavy atom. The minimum Gasteiger partial charge on any atom is -0.398 e. The van der Waals surface area contributed by atoms with Crippen molar-refractivity contribution in [2.45, 2.75) is 0 Å². The molecule has 0 saturated carbocycles. The smallest absolute Gasteiger partial charge is 0.125 e. The van der Waals surface area contributed by atoms with Gasteiger partial charge in [0.05, 0.1) is 0 Å². The molecule has 0 atom stereocenters. The SMILES string of the molecule is Nc1cc(F)cc2cccc(Br)c12. The van der Waals surface area contributed by atoms with Gasteiger partial charge >= 0.3 is 0 Å². The second-order valence-electron chi connectivity index (χ2n) is 2.83. The van der Waals surface area contributed by atoms with Crippen LogP contribution in [0.1, 0.15) is 0 Å². The number of fused-ring (bicyclic) bond motifs is 1. The van der Waals surface area contributed by atoms with Gasteiger partial charge in [-0.3, -0.25) is 0 Å². The first-order valence-electron chi connectivity index (χ1n) is 3.82. The van der Waals surface area contributed by atoms with Gasteiger partial charge in [0.2, 0.25) is 0 Å². The Morgan fingerprint density at radius 3 is 2.77 bits per heavy atom. The van der Waals surface area contributed by atoms with Crippen molar-refractivity contribution in [1.82, 2.24) is 0 Å². The van der Waals surface area contributed by atoms with Crippen LogP contribution < -0.4 is 5.73 Å². The Balaban J connectivity index is 2.94. The topological polar surface area (TPSA) is 26.0 Å². The maximum absolute atomic E-state index is 12.9. The van der Waals surface area contributed by atoms with Gasteiger partial charge in [-0.1, -0.05) is 28.1 Å². The highest BCUT2D eigenvalue weighted by Gasteiger charge is 2.03. The third-order valence-electron chi connectivity index (χ3n) is 1.92. The van der Waals surface area contributed by atoms with Crippen LogP contribution in [0.25, 0.3) is 10.8 Å². The van der Waals surface area contributed by atoms with Gasteiger partial charge in [0.25, 0.3) is 0 Å². The zero-order valence-electron chi connectivity index (χ0n) is 6.72. The van der Waals surface area contributed by atoms with Gasteiger partial charge in [0.1, 0.15) is 5.82 Å². The predicted molar refractivity (Wildman–Crippen MR) is 56.0 cm³/mol. The van der Waals surface area contributed by atoms with Crippen LogP contribution in [0.3, 0.4) is 0 Å². The average Bonchev–Trinajstić information content (AvgIpc) is 2.02. The normalized spacial score (nSPS) is 10.6. The van der Waals surface area contributed by atoms with Crippen molar-refractivity contribution in [1.29, 1.82) is 0 Å². The Hall–Kier alpha value is -1.09. The van der Waals surface area contributed by atoms with Crippen LogP contribution in [0.5, 0.6) is 0 Å². The molecule has 0 aliphatic carbocycles. The van der Waals surface area contributed by atoms with Crippen molar-refractivity contribution in [3.8, 4) is 0 Å². The van der Waals surface area contributed by atoms with E-state index in [2.05, 4.69) is 15.9 Å². The Kier molecular flexibility index (Phi) is 1.96. The summed E-state index contributed by atoms with van der Waals surface area (Å²) in [6.45, 7) is 0. The van der Waals surface area contributed by atoms with Crippen molar-refractivity contribution in [3.05, 3.63) is 40.6 Å². The zero-order valence-corrected chi connectivity index (χ0v) is 8.31. The second kappa shape index (κ2) is 3.00. The summed E-state index contributed by atoms with van der Waals surface area (Å²) in [5.41, 5.74) is 6.15. The van der Waals surface area contributed by atoms with Crippen LogP contribution in [-0.2, 0) is 0 Å². The first kappa shape index (κ1) is 8.51. The van der Waals surface area contributed by atoms with Crippen molar-refractivity contribution in [3.63, 3.8) is 0 Å². The van der Waals surface area contributed by atoms with E-state index in [-0.39, 0.29) is 5.82 Å². The van der Waals surface area contributed by atoms with Gasteiger partial charge in [0.15, 0.2) is 0 Å². The molecule has 0 unspecified atom stereocenters. The Bertz CT molecular complexity index is 468. The molecule has 0 saturated heterocycles. The van der Waals surface area contributed by atoms with Crippen molar-refractivity contribution >= 4 is 32.4 Å². The van der Waals surface area contributed by atoms with E-state index in [0.29, 0.717) is 5.69 Å². The molecule has 2 aromatic carbocycles. The number of nitrogen functional groups attached to an aromatic ring is 1. The van der Waals surface area contributed by atoms with Crippen LogP contribution in [0.2, 0.25) is 0 Å². The lowest BCUT2D eigenvalue weighted by Gasteiger charge is -2.04. The summed E-state index contributed by atoms with van der Waals surface area (Å²) in [4.78, 5) is 0. The quantitative estimate of drug-likeness (QED) is 0.702. The molecule has 0 heterocycles. The number of benzene rings is 2. The third kappa shape index (κ3) is 1.40. The van der Waals surface area contributed by atoms with Crippen LogP contribution in [0.15, 0.2) is 34.8 Å². The zero-order chi connectivity index (χ0) is 9.42. The first-order chi connectivity index (χ1) is 6.18. The second-order valence-corrected chi connectivity index (χ2v) is 3.69. The van der Waals surface area contributed by atoms with Crippen LogP contribution in [0.4, 0.5) is 10.1 Å². The number of anilines is 1. The summed E-state index contributed by atoms with van der Waals surface area (Å²) in [7, 11) is 0. The summed E-state index contributed by atoms with van der Waals surface area (Å²) in [6.07, 6.45) is 0. The molecule has 0 amide bonds. The molecular weight excluding hydrogens is 233 g/mol. The maximum Gasteiger partial charge on any atom is 0.125 e. The van der Waals surface area contributed by atoms with Gasteiger partial charge < -0.3 is 5.73 Å². The molecular formula is C10H7BrFN. The number of nitrogens with two attached hydrogens (primary N) is 1. The molecule has 13 heavy (non-hydrogen) atoms. The summed E-state index contributed by atoms with van der Waals surface area (Å²) in [5.74, 6) is -0.303. The van der Waals surface area contributed by atoms with Gasteiger partial charge in [-0.2, -0.15) is 0 Å². The molecule has 0 radical (unpaired) electrons. The van der Waals surface area contributed by atoms with E-state index in [4.69, 9.17) is 5.73 Å². The van der Waals surface area contributed by atoms with E-state index in [1.165, 1.54) is 12.1 Å². The summed E-state index contributed by atoms with van der Waals surface area (Å²) in [5, 5.41) is 1.68. The molecule has 0 fully saturated rings. The highest BCUT2D eigenvalue weighted by atomic mass is 79.9. The molecule has 0 aliphatic rings. The van der Waals surface area contributed by atoms with Crippen LogP contribution >= 0.6 is 15.9 Å². The van der Waals surface area contributed by atoms with E-state index in [9.17, 15) is 4.39 Å². The summed E-state index contributed by atoms with van der Waals surface area (Å²) < 4.78 is 13.8. The maximum atomic E-state index is 12.9. The monoisotopic (exact) mass is 239 g/mol. The van der Waals surface area contributed by atoms with E-state index in [0.717, 1.165) is 15.2 Å². The fourth-order valence-electron chi connectivity index (χ4n) is 1.38. The standard InChI is InChI=1S/C10H7BrFN/c11-8-3-1-2-6-4-7(12)5-9(13)10(6)8/h1-5H,13H2. The lowest BCUT2D eigenvalue weighted by molar-refractivity contribution is 0.630. The van der Waals surface area contributed by atoms with Crippen molar-refractivity contribution in [2.24, 2.45) is 0 Å². The first-order valence-corrected chi connectivity index (χ1v) is 4.61. The number of hydrogen-bond acceptors (Lipinski definition) is 1. The lowest BCUT2D eigenvalue weighted by atomic mass is 10.1. The number of rotatable bonds is 0. The molecule has 2 N–H and O–H groups in total.